The second-order valence-electron chi connectivity index (χ2n) is 9.96. The Morgan fingerprint density at radius 2 is 1.80 bits per heavy atom. The van der Waals surface area contributed by atoms with Crippen LogP contribution in [0.2, 0.25) is 0 Å². The van der Waals surface area contributed by atoms with E-state index in [0.29, 0.717) is 73.2 Å². The number of carbonyl (C=O) groups excluding carboxylic acids is 2. The topological polar surface area (TPSA) is 66.9 Å². The fourth-order valence-corrected chi connectivity index (χ4v) is 7.19. The van der Waals surface area contributed by atoms with Crippen molar-refractivity contribution in [2.45, 2.75) is 63.4 Å². The molecule has 1 aromatic carbocycles. The fourth-order valence-electron chi connectivity index (χ4n) is 5.92. The van der Waals surface area contributed by atoms with E-state index in [1.165, 1.54) is 6.07 Å². The molecule has 4 aliphatic heterocycles. The number of ether oxygens (including phenoxy) is 1. The summed E-state index contributed by atoms with van der Waals surface area (Å²) in [7, 11) is -0.737. The van der Waals surface area contributed by atoms with Gasteiger partial charge < -0.3 is 9.64 Å². The molecular formula is C25H29F3N2O4S. The first-order valence-corrected chi connectivity index (χ1v) is 13.6. The summed E-state index contributed by atoms with van der Waals surface area (Å²) in [6, 6.07) is 4.05. The molecule has 6 nitrogen and oxygen atoms in total. The number of rotatable bonds is 2. The smallest absolute Gasteiger partial charge is 0.416 e. The number of amides is 1. The van der Waals surface area contributed by atoms with Crippen LogP contribution in [0.25, 0.3) is 0 Å². The number of piperidine rings is 1. The number of hydrogen-bond acceptors (Lipinski definition) is 5. The molecule has 1 aromatic rings. The van der Waals surface area contributed by atoms with Gasteiger partial charge in [-0.1, -0.05) is 6.07 Å². The van der Waals surface area contributed by atoms with Gasteiger partial charge >= 0.3 is 12.1 Å². The number of fused-ring (bicyclic) bond motifs is 1. The minimum Gasteiger partial charge on any atom is -0.450 e. The van der Waals surface area contributed by atoms with E-state index in [0.717, 1.165) is 30.5 Å². The quantitative estimate of drug-likeness (QED) is 0.572. The van der Waals surface area contributed by atoms with Crippen molar-refractivity contribution in [2.75, 3.05) is 31.1 Å². The molecule has 190 valence electrons. The highest BCUT2D eigenvalue weighted by Crippen LogP contribution is 2.43. The van der Waals surface area contributed by atoms with Crippen molar-refractivity contribution in [1.29, 1.82) is 0 Å². The molecule has 4 aliphatic rings. The van der Waals surface area contributed by atoms with Gasteiger partial charge in [-0.15, -0.1) is 0 Å². The van der Waals surface area contributed by atoms with Gasteiger partial charge in [0.1, 0.15) is 5.60 Å². The number of alkyl halides is 3. The van der Waals surface area contributed by atoms with Crippen LogP contribution in [0, 0.1) is 0 Å². The van der Waals surface area contributed by atoms with E-state index in [1.807, 2.05) is 0 Å². The van der Waals surface area contributed by atoms with Gasteiger partial charge in [0.2, 0.25) is 0 Å². The Morgan fingerprint density at radius 3 is 2.46 bits per heavy atom. The maximum Gasteiger partial charge on any atom is 0.416 e. The first kappa shape index (κ1) is 24.5. The van der Waals surface area contributed by atoms with E-state index >= 15 is 0 Å². The van der Waals surface area contributed by atoms with Gasteiger partial charge in [-0.25, -0.2) is 4.79 Å². The molecular weight excluding hydrogens is 481 g/mol. The summed E-state index contributed by atoms with van der Waals surface area (Å²) < 4.78 is 57.2. The molecule has 2 fully saturated rings. The van der Waals surface area contributed by atoms with Gasteiger partial charge in [-0.05, 0) is 49.4 Å². The van der Waals surface area contributed by atoms with Crippen molar-refractivity contribution in [3.05, 3.63) is 46.0 Å². The summed E-state index contributed by atoms with van der Waals surface area (Å²) in [4.78, 5) is 30.2. The lowest BCUT2D eigenvalue weighted by molar-refractivity contribution is -0.152. The third-order valence-corrected chi connectivity index (χ3v) is 9.33. The molecule has 4 heterocycles. The first-order chi connectivity index (χ1) is 16.6. The Hall–Kier alpha value is -2.20. The van der Waals surface area contributed by atoms with Gasteiger partial charge in [0.15, 0.2) is 0 Å². The van der Waals surface area contributed by atoms with Crippen molar-refractivity contribution in [2.24, 2.45) is 0 Å². The number of benzene rings is 1. The minimum absolute atomic E-state index is 0.0739. The van der Waals surface area contributed by atoms with Crippen LogP contribution in [0.5, 0.6) is 0 Å². The zero-order chi connectivity index (χ0) is 25.0. The SMILES string of the molecule is CC1=C(C(=O)N2CCc3ccc(C(F)(F)F)cc3C2)C2(CCN(C3CCS(=O)CC3)CC2)OC1=O. The molecule has 0 N–H and O–H groups in total. The number of nitrogens with zero attached hydrogens (tertiary/aromatic N) is 2. The normalized spacial score (nSPS) is 27.2. The molecule has 0 radical (unpaired) electrons. The third kappa shape index (κ3) is 4.55. The van der Waals surface area contributed by atoms with Crippen LogP contribution >= 0.6 is 0 Å². The Labute approximate surface area is 204 Å². The van der Waals surface area contributed by atoms with Crippen molar-refractivity contribution in [3.63, 3.8) is 0 Å². The zero-order valence-electron chi connectivity index (χ0n) is 19.7. The lowest BCUT2D eigenvalue weighted by Crippen LogP contribution is -2.53. The Bertz CT molecular complexity index is 1100. The van der Waals surface area contributed by atoms with E-state index in [9.17, 15) is 27.0 Å². The highest BCUT2D eigenvalue weighted by molar-refractivity contribution is 7.85. The maximum absolute atomic E-state index is 13.7. The van der Waals surface area contributed by atoms with Crippen LogP contribution in [-0.4, -0.2) is 68.7 Å². The van der Waals surface area contributed by atoms with Gasteiger partial charge in [0.25, 0.3) is 5.91 Å². The van der Waals surface area contributed by atoms with Crippen LogP contribution in [0.15, 0.2) is 29.3 Å². The fraction of sp³-hybridized carbons (Fsp3) is 0.600. The summed E-state index contributed by atoms with van der Waals surface area (Å²) in [5.74, 6) is 0.595. The number of halogens is 3. The summed E-state index contributed by atoms with van der Waals surface area (Å²) in [5.41, 5.74) is 0.245. The average Bonchev–Trinajstić information content (AvgIpc) is 3.07. The Balaban J connectivity index is 1.33. The maximum atomic E-state index is 13.7. The first-order valence-electron chi connectivity index (χ1n) is 12.1. The zero-order valence-corrected chi connectivity index (χ0v) is 20.5. The van der Waals surface area contributed by atoms with Crippen LogP contribution in [0.1, 0.15) is 49.3 Å². The third-order valence-electron chi connectivity index (χ3n) is 7.95. The molecule has 2 saturated heterocycles. The number of esters is 1. The molecule has 0 aliphatic carbocycles. The molecule has 1 spiro atoms. The molecule has 5 rings (SSSR count). The molecule has 0 saturated carbocycles. The second-order valence-corrected chi connectivity index (χ2v) is 11.7. The summed E-state index contributed by atoms with van der Waals surface area (Å²) in [6.45, 7) is 3.40. The molecule has 1 amide bonds. The largest absolute Gasteiger partial charge is 0.450 e. The minimum atomic E-state index is -4.45. The molecule has 0 bridgehead atoms. The number of hydrogen-bond donors (Lipinski definition) is 0. The summed E-state index contributed by atoms with van der Waals surface area (Å²) in [5, 5.41) is 0. The molecule has 0 aromatic heterocycles. The van der Waals surface area contributed by atoms with E-state index in [2.05, 4.69) is 4.90 Å². The van der Waals surface area contributed by atoms with Gasteiger partial charge in [0.05, 0.1) is 11.1 Å². The lowest BCUT2D eigenvalue weighted by Gasteiger charge is -2.44. The highest BCUT2D eigenvalue weighted by Gasteiger charge is 2.52. The molecule has 0 unspecified atom stereocenters. The molecule has 10 heteroatoms. The highest BCUT2D eigenvalue weighted by atomic mass is 32.2. The average molecular weight is 511 g/mol. The molecule has 0 atom stereocenters. The number of carbonyl (C=O) groups is 2. The van der Waals surface area contributed by atoms with Crippen molar-refractivity contribution in [1.82, 2.24) is 9.80 Å². The van der Waals surface area contributed by atoms with E-state index in [-0.39, 0.29) is 12.5 Å². The van der Waals surface area contributed by atoms with Gasteiger partial charge in [0, 0.05) is 72.9 Å². The van der Waals surface area contributed by atoms with E-state index in [4.69, 9.17) is 4.74 Å². The Morgan fingerprint density at radius 1 is 1.11 bits per heavy atom. The van der Waals surface area contributed by atoms with Crippen molar-refractivity contribution in [3.8, 4) is 0 Å². The lowest BCUT2D eigenvalue weighted by atomic mass is 9.81. The van der Waals surface area contributed by atoms with Crippen LogP contribution in [0.4, 0.5) is 13.2 Å². The molecule has 35 heavy (non-hydrogen) atoms. The monoisotopic (exact) mass is 510 g/mol. The predicted molar refractivity (Wildman–Crippen MR) is 124 cm³/mol. The summed E-state index contributed by atoms with van der Waals surface area (Å²) in [6.07, 6.45) is -1.22. The van der Waals surface area contributed by atoms with Crippen LogP contribution < -0.4 is 0 Å². The van der Waals surface area contributed by atoms with E-state index in [1.54, 1.807) is 11.8 Å². The van der Waals surface area contributed by atoms with Crippen molar-refractivity contribution >= 4 is 22.7 Å². The second kappa shape index (κ2) is 9.03. The van der Waals surface area contributed by atoms with Gasteiger partial charge in [-0.3, -0.25) is 13.9 Å². The predicted octanol–water partition coefficient (Wildman–Crippen LogP) is 3.21. The number of likely N-dealkylation sites (tertiary alicyclic amines) is 1. The van der Waals surface area contributed by atoms with Crippen molar-refractivity contribution < 1.29 is 31.7 Å². The van der Waals surface area contributed by atoms with Gasteiger partial charge in [-0.2, -0.15) is 13.2 Å². The summed E-state index contributed by atoms with van der Waals surface area (Å²) >= 11 is 0. The standard InChI is InChI=1S/C25H29F3N2O4S/c1-16-21(22(31)30-9-4-17-2-3-19(25(26,27)28)14-18(17)15-30)24(34-23(16)32)7-10-29(11-8-24)20-5-12-35(33)13-6-20/h2-3,14,20H,4-13,15H2,1H3. The van der Waals surface area contributed by atoms with Crippen LogP contribution in [-0.2, 0) is 44.3 Å². The Kier molecular flexibility index (Phi) is 6.32. The van der Waals surface area contributed by atoms with E-state index < -0.39 is 34.1 Å². The van der Waals surface area contributed by atoms with Crippen LogP contribution in [0.3, 0.4) is 0 Å².